The Morgan fingerprint density at radius 2 is 1.81 bits per heavy atom. The van der Waals surface area contributed by atoms with Gasteiger partial charge in [0.2, 0.25) is 0 Å². The average Bonchev–Trinajstić information content (AvgIpc) is 3.07. The highest BCUT2D eigenvalue weighted by Crippen LogP contribution is 2.25. The van der Waals surface area contributed by atoms with Crippen LogP contribution < -0.4 is 5.32 Å². The van der Waals surface area contributed by atoms with Gasteiger partial charge in [0.1, 0.15) is 5.54 Å². The van der Waals surface area contributed by atoms with Crippen LogP contribution in [0.2, 0.25) is 0 Å². The summed E-state index contributed by atoms with van der Waals surface area (Å²) < 4.78 is 6.51. The Morgan fingerprint density at radius 3 is 2.33 bits per heavy atom. The van der Waals surface area contributed by atoms with Crippen molar-refractivity contribution in [3.63, 3.8) is 0 Å². The molecule has 8 nitrogen and oxygen atoms in total. The van der Waals surface area contributed by atoms with Gasteiger partial charge in [0.15, 0.2) is 5.78 Å². The average molecular weight is 377 g/mol. The molecule has 0 radical (unpaired) electrons. The molecule has 1 aromatic heterocycles. The highest BCUT2D eigenvalue weighted by atomic mass is 16.5. The monoisotopic (exact) mass is 377 g/mol. The fraction of sp³-hybridized carbons (Fsp3) is 0.579. The SMILES string of the molecule is CCC1(CC)NC(=O)N(CC(=O)c2cc(C)n(CCC(=O)OC)c2C)C1=O. The maximum Gasteiger partial charge on any atom is 0.325 e. The minimum absolute atomic E-state index is 0.197. The number of nitrogens with one attached hydrogen (secondary N) is 1. The molecule has 8 heteroatoms. The van der Waals surface area contributed by atoms with Crippen molar-refractivity contribution in [2.24, 2.45) is 0 Å². The van der Waals surface area contributed by atoms with Crippen LogP contribution in [-0.2, 0) is 20.9 Å². The van der Waals surface area contributed by atoms with E-state index in [0.29, 0.717) is 30.6 Å². The van der Waals surface area contributed by atoms with Gasteiger partial charge in [-0.1, -0.05) is 13.8 Å². The van der Waals surface area contributed by atoms with Crippen molar-refractivity contribution >= 4 is 23.7 Å². The number of aryl methyl sites for hydroxylation is 1. The number of hydrogen-bond acceptors (Lipinski definition) is 5. The number of carbonyl (C=O) groups excluding carboxylic acids is 4. The molecule has 148 valence electrons. The van der Waals surface area contributed by atoms with E-state index in [1.807, 2.05) is 25.3 Å². The van der Waals surface area contributed by atoms with Crippen LogP contribution in [0.25, 0.3) is 0 Å². The lowest BCUT2D eigenvalue weighted by molar-refractivity contribution is -0.140. The third-order valence-corrected chi connectivity index (χ3v) is 5.40. The van der Waals surface area contributed by atoms with E-state index in [-0.39, 0.29) is 30.6 Å². The van der Waals surface area contributed by atoms with Gasteiger partial charge in [-0.15, -0.1) is 0 Å². The summed E-state index contributed by atoms with van der Waals surface area (Å²) in [6.45, 7) is 7.40. The summed E-state index contributed by atoms with van der Waals surface area (Å²) >= 11 is 0. The van der Waals surface area contributed by atoms with Crippen molar-refractivity contribution in [3.8, 4) is 0 Å². The molecule has 3 amide bonds. The van der Waals surface area contributed by atoms with Crippen molar-refractivity contribution in [3.05, 3.63) is 23.0 Å². The predicted molar refractivity (Wildman–Crippen MR) is 98.4 cm³/mol. The van der Waals surface area contributed by atoms with Crippen molar-refractivity contribution < 1.29 is 23.9 Å². The fourth-order valence-corrected chi connectivity index (χ4v) is 3.51. The third kappa shape index (κ3) is 3.74. The molecule has 0 unspecified atom stereocenters. The Hall–Kier alpha value is -2.64. The summed E-state index contributed by atoms with van der Waals surface area (Å²) in [5, 5.41) is 2.72. The van der Waals surface area contributed by atoms with E-state index in [9.17, 15) is 19.2 Å². The maximum absolute atomic E-state index is 12.8. The van der Waals surface area contributed by atoms with Crippen molar-refractivity contribution in [2.75, 3.05) is 13.7 Å². The predicted octanol–water partition coefficient (Wildman–Crippen LogP) is 1.96. The second kappa shape index (κ2) is 7.94. The van der Waals surface area contributed by atoms with Gasteiger partial charge >= 0.3 is 12.0 Å². The summed E-state index contributed by atoms with van der Waals surface area (Å²) in [5.74, 6) is -0.991. The number of ketones is 1. The van der Waals surface area contributed by atoms with E-state index in [2.05, 4.69) is 10.1 Å². The first kappa shape index (κ1) is 20.7. The normalized spacial score (nSPS) is 15.8. The van der Waals surface area contributed by atoms with Gasteiger partial charge in [0.05, 0.1) is 20.1 Å². The molecular weight excluding hydrogens is 350 g/mol. The molecule has 1 saturated heterocycles. The number of carbonyl (C=O) groups is 4. The number of hydrogen-bond donors (Lipinski definition) is 1. The van der Waals surface area contributed by atoms with E-state index in [4.69, 9.17) is 0 Å². The molecule has 1 fully saturated rings. The molecule has 1 aliphatic rings. The van der Waals surface area contributed by atoms with Gasteiger partial charge in [0, 0.05) is 23.5 Å². The minimum Gasteiger partial charge on any atom is -0.469 e. The molecule has 1 aliphatic heterocycles. The van der Waals surface area contributed by atoms with Crippen LogP contribution in [0.4, 0.5) is 4.79 Å². The van der Waals surface area contributed by atoms with Crippen LogP contribution in [-0.4, -0.2) is 52.4 Å². The second-order valence-corrected chi connectivity index (χ2v) is 6.80. The van der Waals surface area contributed by atoms with Crippen molar-refractivity contribution in [1.82, 2.24) is 14.8 Å². The number of nitrogens with zero attached hydrogens (tertiary/aromatic N) is 2. The number of amides is 3. The molecule has 0 spiro atoms. The molecule has 0 bridgehead atoms. The Kier molecular flexibility index (Phi) is 6.08. The fourth-order valence-electron chi connectivity index (χ4n) is 3.51. The van der Waals surface area contributed by atoms with Crippen LogP contribution in [0.3, 0.4) is 0 Å². The quantitative estimate of drug-likeness (QED) is 0.424. The highest BCUT2D eigenvalue weighted by molar-refractivity contribution is 6.11. The largest absolute Gasteiger partial charge is 0.469 e. The number of urea groups is 1. The number of methoxy groups -OCH3 is 1. The number of imide groups is 1. The first-order valence-electron chi connectivity index (χ1n) is 9.11. The molecule has 0 aromatic carbocycles. The summed E-state index contributed by atoms with van der Waals surface area (Å²) in [7, 11) is 1.33. The molecule has 1 N–H and O–H groups in total. The van der Waals surface area contributed by atoms with E-state index < -0.39 is 11.6 Å². The zero-order valence-corrected chi connectivity index (χ0v) is 16.5. The summed E-state index contributed by atoms with van der Waals surface area (Å²) in [6, 6.07) is 1.19. The zero-order valence-electron chi connectivity index (χ0n) is 16.5. The highest BCUT2D eigenvalue weighted by Gasteiger charge is 2.49. The Labute approximate surface area is 158 Å². The molecule has 27 heavy (non-hydrogen) atoms. The van der Waals surface area contributed by atoms with Crippen LogP contribution in [0.15, 0.2) is 6.07 Å². The standard InChI is InChI=1S/C19H27N3O5/c1-6-19(7-2)17(25)22(18(26)20-19)11-15(23)14-10-12(3)21(13(14)4)9-8-16(24)27-5/h10H,6-9,11H2,1-5H3,(H,20,26). The lowest BCUT2D eigenvalue weighted by Gasteiger charge is -2.22. The lowest BCUT2D eigenvalue weighted by Crippen LogP contribution is -2.46. The smallest absolute Gasteiger partial charge is 0.325 e. The number of esters is 1. The van der Waals surface area contributed by atoms with E-state index in [1.54, 1.807) is 13.0 Å². The molecule has 0 saturated carbocycles. The first-order chi connectivity index (χ1) is 12.7. The van der Waals surface area contributed by atoms with Gasteiger partial charge < -0.3 is 14.6 Å². The topological polar surface area (TPSA) is 97.7 Å². The summed E-state index contributed by atoms with van der Waals surface area (Å²) in [6.07, 6.45) is 1.14. The Bertz CT molecular complexity index is 777. The van der Waals surface area contributed by atoms with Gasteiger partial charge in [-0.3, -0.25) is 19.3 Å². The van der Waals surface area contributed by atoms with Crippen molar-refractivity contribution in [2.45, 2.75) is 59.0 Å². The first-order valence-corrected chi connectivity index (χ1v) is 9.11. The Morgan fingerprint density at radius 1 is 1.19 bits per heavy atom. The van der Waals surface area contributed by atoms with Crippen LogP contribution in [0, 0.1) is 13.8 Å². The summed E-state index contributed by atoms with van der Waals surface area (Å²) in [4.78, 5) is 50.1. The molecular formula is C19H27N3O5. The second-order valence-electron chi connectivity index (χ2n) is 6.80. The van der Waals surface area contributed by atoms with Crippen LogP contribution >= 0.6 is 0 Å². The number of rotatable bonds is 8. The van der Waals surface area contributed by atoms with Crippen molar-refractivity contribution in [1.29, 1.82) is 0 Å². The molecule has 1 aromatic rings. The zero-order chi connectivity index (χ0) is 20.4. The lowest BCUT2D eigenvalue weighted by atomic mass is 9.93. The van der Waals surface area contributed by atoms with Gasteiger partial charge in [-0.05, 0) is 32.8 Å². The van der Waals surface area contributed by atoms with Crippen LogP contribution in [0.5, 0.6) is 0 Å². The third-order valence-electron chi connectivity index (χ3n) is 5.40. The van der Waals surface area contributed by atoms with E-state index in [1.165, 1.54) is 7.11 Å². The minimum atomic E-state index is -0.922. The molecule has 0 atom stereocenters. The van der Waals surface area contributed by atoms with Crippen LogP contribution in [0.1, 0.15) is 54.9 Å². The van der Waals surface area contributed by atoms with Gasteiger partial charge in [-0.25, -0.2) is 4.79 Å². The number of aromatic nitrogens is 1. The molecule has 2 rings (SSSR count). The van der Waals surface area contributed by atoms with E-state index >= 15 is 0 Å². The Balaban J connectivity index is 2.18. The molecule has 0 aliphatic carbocycles. The maximum atomic E-state index is 12.8. The number of Topliss-reactive ketones (excluding diaryl/α,β-unsaturated/α-hetero) is 1. The number of ether oxygens (including phenoxy) is 1. The van der Waals surface area contributed by atoms with Gasteiger partial charge in [0.25, 0.3) is 5.91 Å². The molecule has 2 heterocycles. The van der Waals surface area contributed by atoms with Gasteiger partial charge in [-0.2, -0.15) is 0 Å². The summed E-state index contributed by atoms with van der Waals surface area (Å²) in [5.41, 5.74) is 1.05. The van der Waals surface area contributed by atoms with E-state index in [0.717, 1.165) is 10.6 Å².